The van der Waals surface area contributed by atoms with Crippen molar-refractivity contribution in [2.45, 2.75) is 41.0 Å². The monoisotopic (exact) mass is 364 g/mol. The minimum Gasteiger partial charge on any atom is -0.382 e. The van der Waals surface area contributed by atoms with Gasteiger partial charge in [-0.1, -0.05) is 18.2 Å². The van der Waals surface area contributed by atoms with Crippen LogP contribution in [-0.4, -0.2) is 36.0 Å². The maximum Gasteiger partial charge on any atom is 0.243 e. The molecule has 0 atom stereocenters. The van der Waals surface area contributed by atoms with E-state index in [2.05, 4.69) is 10.2 Å². The number of rotatable bonds is 4. The lowest BCUT2D eigenvalue weighted by Gasteiger charge is -2.25. The highest BCUT2D eigenvalue weighted by atomic mass is 32.2. The summed E-state index contributed by atoms with van der Waals surface area (Å²) in [5.74, 6) is 0.419. The second kappa shape index (κ2) is 7.08. The zero-order chi connectivity index (χ0) is 17.2. The third kappa shape index (κ3) is 3.71. The van der Waals surface area contributed by atoms with Gasteiger partial charge in [-0.05, 0) is 55.7 Å². The van der Waals surface area contributed by atoms with Crippen molar-refractivity contribution < 1.29 is 8.42 Å². The topological polar surface area (TPSA) is 89.2 Å². The molecule has 0 saturated carbocycles. The molecule has 24 heavy (non-hydrogen) atoms. The molecule has 1 fully saturated rings. The third-order valence-corrected chi connectivity index (χ3v) is 6.83. The SMILES string of the molecule is Cc1cc(Sc2ccc(S(=O)(=O)N3CCCCC3)cc2)nnc1N. The second-order valence-corrected chi connectivity index (χ2v) is 8.82. The first-order chi connectivity index (χ1) is 11.5. The van der Waals surface area contributed by atoms with E-state index < -0.39 is 10.0 Å². The van der Waals surface area contributed by atoms with E-state index in [9.17, 15) is 8.42 Å². The van der Waals surface area contributed by atoms with Crippen LogP contribution >= 0.6 is 11.8 Å². The molecule has 1 aromatic heterocycles. The van der Waals surface area contributed by atoms with Crippen LogP contribution in [0.1, 0.15) is 24.8 Å². The van der Waals surface area contributed by atoms with E-state index >= 15 is 0 Å². The highest BCUT2D eigenvalue weighted by molar-refractivity contribution is 7.99. The Morgan fingerprint density at radius 1 is 1.08 bits per heavy atom. The summed E-state index contributed by atoms with van der Waals surface area (Å²) in [4.78, 5) is 1.25. The lowest BCUT2D eigenvalue weighted by Crippen LogP contribution is -2.35. The fourth-order valence-electron chi connectivity index (χ4n) is 2.57. The molecule has 128 valence electrons. The molecule has 0 aliphatic carbocycles. The van der Waals surface area contributed by atoms with Crippen LogP contribution in [0.4, 0.5) is 5.82 Å². The number of hydrogen-bond donors (Lipinski definition) is 1. The quantitative estimate of drug-likeness (QED) is 0.897. The Hall–Kier alpha value is -1.64. The van der Waals surface area contributed by atoms with E-state index in [1.54, 1.807) is 28.6 Å². The van der Waals surface area contributed by atoms with Crippen LogP contribution in [0.15, 0.2) is 45.1 Å². The Kier molecular flexibility index (Phi) is 5.07. The van der Waals surface area contributed by atoms with Gasteiger partial charge in [0.2, 0.25) is 10.0 Å². The Balaban J connectivity index is 1.76. The smallest absolute Gasteiger partial charge is 0.243 e. The fourth-order valence-corrected chi connectivity index (χ4v) is 4.92. The number of benzene rings is 1. The number of nitrogen functional groups attached to an aromatic ring is 1. The molecule has 1 aromatic carbocycles. The standard InChI is InChI=1S/C16H20N4O2S2/c1-12-11-15(18-19-16(12)17)23-13-5-7-14(8-6-13)24(21,22)20-9-3-2-4-10-20/h5-8,11H,2-4,9-10H2,1H3,(H2,17,19). The van der Waals surface area contributed by atoms with E-state index in [0.717, 1.165) is 34.7 Å². The predicted molar refractivity (Wildman–Crippen MR) is 94.4 cm³/mol. The molecule has 2 heterocycles. The number of hydrogen-bond acceptors (Lipinski definition) is 6. The summed E-state index contributed by atoms with van der Waals surface area (Å²) in [5.41, 5.74) is 6.54. The lowest BCUT2D eigenvalue weighted by molar-refractivity contribution is 0.346. The van der Waals surface area contributed by atoms with Crippen molar-refractivity contribution in [3.63, 3.8) is 0 Å². The summed E-state index contributed by atoms with van der Waals surface area (Å²) in [6, 6.07) is 8.78. The van der Waals surface area contributed by atoms with Gasteiger partial charge >= 0.3 is 0 Å². The van der Waals surface area contributed by atoms with Crippen LogP contribution in [0.25, 0.3) is 0 Å². The summed E-state index contributed by atoms with van der Waals surface area (Å²) in [5, 5.41) is 8.67. The molecule has 0 spiro atoms. The molecule has 0 amide bonds. The van der Waals surface area contributed by atoms with Gasteiger partial charge in [0.05, 0.1) is 4.90 Å². The van der Waals surface area contributed by atoms with Gasteiger partial charge in [0, 0.05) is 18.0 Å². The van der Waals surface area contributed by atoms with Crippen molar-refractivity contribution in [3.8, 4) is 0 Å². The Morgan fingerprint density at radius 3 is 2.38 bits per heavy atom. The maximum atomic E-state index is 12.6. The number of nitrogens with two attached hydrogens (primary N) is 1. The van der Waals surface area contributed by atoms with Gasteiger partial charge in [0.15, 0.2) is 0 Å². The second-order valence-electron chi connectivity index (χ2n) is 5.79. The van der Waals surface area contributed by atoms with Gasteiger partial charge in [0.25, 0.3) is 0 Å². The predicted octanol–water partition coefficient (Wildman–Crippen LogP) is 2.69. The summed E-state index contributed by atoms with van der Waals surface area (Å²) in [7, 11) is -3.38. The zero-order valence-electron chi connectivity index (χ0n) is 13.5. The number of aryl methyl sites for hydroxylation is 1. The van der Waals surface area contributed by atoms with Crippen LogP contribution in [0.2, 0.25) is 0 Å². The van der Waals surface area contributed by atoms with Crippen LogP contribution < -0.4 is 5.73 Å². The minimum absolute atomic E-state index is 0.341. The van der Waals surface area contributed by atoms with E-state index in [1.807, 2.05) is 13.0 Å². The summed E-state index contributed by atoms with van der Waals surface area (Å²) in [6.07, 6.45) is 2.97. The molecule has 0 bridgehead atoms. The molecule has 1 aliphatic heterocycles. The van der Waals surface area contributed by atoms with E-state index in [-0.39, 0.29) is 0 Å². The van der Waals surface area contributed by atoms with Crippen LogP contribution in [0.3, 0.4) is 0 Å². The molecular formula is C16H20N4O2S2. The summed E-state index contributed by atoms with van der Waals surface area (Å²) in [6.45, 7) is 3.10. The Morgan fingerprint density at radius 2 is 1.75 bits per heavy atom. The maximum absolute atomic E-state index is 12.6. The van der Waals surface area contributed by atoms with E-state index in [0.29, 0.717) is 23.8 Å². The molecule has 0 unspecified atom stereocenters. The molecule has 8 heteroatoms. The van der Waals surface area contributed by atoms with Crippen molar-refractivity contribution in [1.82, 2.24) is 14.5 Å². The van der Waals surface area contributed by atoms with Gasteiger partial charge in [-0.3, -0.25) is 0 Å². The zero-order valence-corrected chi connectivity index (χ0v) is 15.1. The van der Waals surface area contributed by atoms with Gasteiger partial charge in [-0.2, -0.15) is 4.31 Å². The first-order valence-electron chi connectivity index (χ1n) is 7.85. The minimum atomic E-state index is -3.38. The molecule has 1 aliphatic rings. The van der Waals surface area contributed by atoms with Crippen LogP contribution in [0.5, 0.6) is 0 Å². The fraction of sp³-hybridized carbons (Fsp3) is 0.375. The van der Waals surface area contributed by atoms with E-state index in [4.69, 9.17) is 5.73 Å². The van der Waals surface area contributed by atoms with Gasteiger partial charge < -0.3 is 5.73 Å². The molecule has 2 aromatic rings. The highest BCUT2D eigenvalue weighted by Crippen LogP contribution is 2.29. The van der Waals surface area contributed by atoms with Crippen molar-refractivity contribution in [2.24, 2.45) is 0 Å². The molecular weight excluding hydrogens is 344 g/mol. The molecule has 3 rings (SSSR count). The van der Waals surface area contributed by atoms with Crippen molar-refractivity contribution in [3.05, 3.63) is 35.9 Å². The highest BCUT2D eigenvalue weighted by Gasteiger charge is 2.25. The molecule has 1 saturated heterocycles. The van der Waals surface area contributed by atoms with Crippen molar-refractivity contribution in [2.75, 3.05) is 18.8 Å². The molecule has 6 nitrogen and oxygen atoms in total. The number of anilines is 1. The Bertz CT molecular complexity index is 816. The summed E-state index contributed by atoms with van der Waals surface area (Å²) >= 11 is 1.43. The average molecular weight is 364 g/mol. The van der Waals surface area contributed by atoms with Crippen molar-refractivity contribution >= 4 is 27.6 Å². The van der Waals surface area contributed by atoms with E-state index in [1.165, 1.54) is 11.8 Å². The van der Waals surface area contributed by atoms with Crippen LogP contribution in [0, 0.1) is 6.92 Å². The first-order valence-corrected chi connectivity index (χ1v) is 10.1. The first kappa shape index (κ1) is 17.2. The average Bonchev–Trinajstić information content (AvgIpc) is 2.59. The number of aromatic nitrogens is 2. The normalized spacial score (nSPS) is 16.2. The van der Waals surface area contributed by atoms with Gasteiger partial charge in [0.1, 0.15) is 10.8 Å². The Labute approximate surface area is 146 Å². The number of sulfonamides is 1. The molecule has 2 N–H and O–H groups in total. The summed E-state index contributed by atoms with van der Waals surface area (Å²) < 4.78 is 26.8. The van der Waals surface area contributed by atoms with Gasteiger partial charge in [-0.15, -0.1) is 10.2 Å². The number of piperidine rings is 1. The third-order valence-electron chi connectivity index (χ3n) is 4.00. The van der Waals surface area contributed by atoms with Gasteiger partial charge in [-0.25, -0.2) is 8.42 Å². The lowest BCUT2D eigenvalue weighted by atomic mass is 10.2. The molecule has 0 radical (unpaired) electrons. The van der Waals surface area contributed by atoms with Crippen LogP contribution in [-0.2, 0) is 10.0 Å². The van der Waals surface area contributed by atoms with Crippen molar-refractivity contribution in [1.29, 1.82) is 0 Å². The number of nitrogens with zero attached hydrogens (tertiary/aromatic N) is 3. The largest absolute Gasteiger partial charge is 0.382 e.